The third-order valence-electron chi connectivity index (χ3n) is 4.17. The van der Waals surface area contributed by atoms with Gasteiger partial charge in [-0.25, -0.2) is 17.7 Å². The fourth-order valence-electron chi connectivity index (χ4n) is 2.75. The Hall–Kier alpha value is -1.17. The number of halogens is 1. The minimum Gasteiger partial charge on any atom is -0.357 e. The average Bonchev–Trinajstić information content (AvgIpc) is 3.04. The van der Waals surface area contributed by atoms with Gasteiger partial charge in [0, 0.05) is 42.9 Å². The Morgan fingerprint density at radius 2 is 1.90 bits per heavy atom. The molecule has 0 spiro atoms. The molecule has 2 aromatic rings. The van der Waals surface area contributed by atoms with Crippen molar-refractivity contribution in [3.8, 4) is 0 Å². The lowest BCUT2D eigenvalue weighted by atomic mass is 10.2. The molecule has 0 aliphatic heterocycles. The largest absolute Gasteiger partial charge is 0.357 e. The van der Waals surface area contributed by atoms with E-state index in [1.54, 1.807) is 29.5 Å². The minimum absolute atomic E-state index is 0. The molecule has 0 aliphatic rings. The van der Waals surface area contributed by atoms with E-state index in [0.29, 0.717) is 16.4 Å². The molecule has 0 fully saturated rings. The SMILES string of the molecule is CCNC(=NCc1ccccc1S(=O)(=O)N(C)C)NC(C)Cc1ccc(C)s1.I. The molecule has 0 amide bonds. The van der Waals surface area contributed by atoms with E-state index >= 15 is 0 Å². The molecule has 9 heteroatoms. The number of thiophene rings is 1. The summed E-state index contributed by atoms with van der Waals surface area (Å²) in [5.41, 5.74) is 0.676. The van der Waals surface area contributed by atoms with Crippen LogP contribution in [0.25, 0.3) is 0 Å². The lowest BCUT2D eigenvalue weighted by Crippen LogP contribution is -2.43. The van der Waals surface area contributed by atoms with Crippen LogP contribution in [0.1, 0.15) is 29.2 Å². The van der Waals surface area contributed by atoms with Gasteiger partial charge in [-0.3, -0.25) is 0 Å². The molecular formula is C20H31IN4O2S2. The molecule has 0 saturated heterocycles. The predicted molar refractivity (Wildman–Crippen MR) is 133 cm³/mol. The molecule has 0 aliphatic carbocycles. The van der Waals surface area contributed by atoms with Gasteiger partial charge in [0.15, 0.2) is 5.96 Å². The highest BCUT2D eigenvalue weighted by Crippen LogP contribution is 2.19. The number of guanidine groups is 1. The van der Waals surface area contributed by atoms with E-state index in [9.17, 15) is 8.42 Å². The van der Waals surface area contributed by atoms with Crippen molar-refractivity contribution in [1.82, 2.24) is 14.9 Å². The summed E-state index contributed by atoms with van der Waals surface area (Å²) in [4.78, 5) is 7.55. The normalized spacial score (nSPS) is 13.1. The quantitative estimate of drug-likeness (QED) is 0.299. The van der Waals surface area contributed by atoms with Crippen molar-refractivity contribution >= 4 is 51.3 Å². The van der Waals surface area contributed by atoms with E-state index in [2.05, 4.69) is 41.6 Å². The first kappa shape index (κ1) is 25.9. The molecule has 1 aromatic carbocycles. The van der Waals surface area contributed by atoms with Crippen LogP contribution in [-0.4, -0.2) is 45.4 Å². The second kappa shape index (κ2) is 11.9. The maximum atomic E-state index is 12.6. The van der Waals surface area contributed by atoms with Crippen LogP contribution in [0.15, 0.2) is 46.3 Å². The van der Waals surface area contributed by atoms with Gasteiger partial charge >= 0.3 is 0 Å². The topological polar surface area (TPSA) is 73.8 Å². The highest BCUT2D eigenvalue weighted by molar-refractivity contribution is 14.0. The number of nitrogens with one attached hydrogen (secondary N) is 2. The van der Waals surface area contributed by atoms with Crippen LogP contribution in [0.3, 0.4) is 0 Å². The molecule has 0 bridgehead atoms. The van der Waals surface area contributed by atoms with Gasteiger partial charge in [-0.05, 0) is 44.5 Å². The first-order valence-corrected chi connectivity index (χ1v) is 11.6. The zero-order chi connectivity index (χ0) is 20.7. The fourth-order valence-corrected chi connectivity index (χ4v) is 4.87. The summed E-state index contributed by atoms with van der Waals surface area (Å²) >= 11 is 1.80. The molecule has 1 unspecified atom stereocenters. The molecule has 6 nitrogen and oxygen atoms in total. The Kier molecular flexibility index (Phi) is 10.6. The molecule has 1 aromatic heterocycles. The van der Waals surface area contributed by atoms with Crippen LogP contribution in [0.5, 0.6) is 0 Å². The monoisotopic (exact) mass is 550 g/mol. The lowest BCUT2D eigenvalue weighted by molar-refractivity contribution is 0.519. The van der Waals surface area contributed by atoms with E-state index in [0.717, 1.165) is 13.0 Å². The third-order valence-corrected chi connectivity index (χ3v) is 7.11. The van der Waals surface area contributed by atoms with Crippen LogP contribution in [-0.2, 0) is 23.0 Å². The summed E-state index contributed by atoms with van der Waals surface area (Å²) in [7, 11) is -0.431. The minimum atomic E-state index is -3.50. The molecule has 1 atom stereocenters. The Balaban J connectivity index is 0.00000420. The summed E-state index contributed by atoms with van der Waals surface area (Å²) in [6, 6.07) is 11.5. The van der Waals surface area contributed by atoms with Gasteiger partial charge in [-0.2, -0.15) is 0 Å². The molecule has 29 heavy (non-hydrogen) atoms. The second-order valence-corrected chi connectivity index (χ2v) is 10.3. The number of rotatable bonds is 8. The van der Waals surface area contributed by atoms with Gasteiger partial charge in [-0.15, -0.1) is 35.3 Å². The smallest absolute Gasteiger partial charge is 0.242 e. The zero-order valence-corrected chi connectivity index (χ0v) is 21.6. The Labute approximate surface area is 195 Å². The zero-order valence-electron chi connectivity index (χ0n) is 17.6. The first-order valence-electron chi connectivity index (χ1n) is 9.34. The van der Waals surface area contributed by atoms with E-state index in [4.69, 9.17) is 0 Å². The molecule has 2 rings (SSSR count). The molecule has 0 saturated carbocycles. The molecule has 162 valence electrons. The van der Waals surface area contributed by atoms with Gasteiger partial charge in [0.2, 0.25) is 10.0 Å². The first-order chi connectivity index (χ1) is 13.2. The number of hydrogen-bond acceptors (Lipinski definition) is 4. The predicted octanol–water partition coefficient (Wildman–Crippen LogP) is 3.61. The highest BCUT2D eigenvalue weighted by Gasteiger charge is 2.20. The van der Waals surface area contributed by atoms with E-state index in [-0.39, 0.29) is 36.6 Å². The van der Waals surface area contributed by atoms with Crippen molar-refractivity contribution in [3.63, 3.8) is 0 Å². The Morgan fingerprint density at radius 3 is 2.48 bits per heavy atom. The van der Waals surface area contributed by atoms with Crippen LogP contribution < -0.4 is 10.6 Å². The third kappa shape index (κ3) is 7.54. The highest BCUT2D eigenvalue weighted by atomic mass is 127. The van der Waals surface area contributed by atoms with Gasteiger partial charge in [0.05, 0.1) is 11.4 Å². The number of aliphatic imine (C=N–C) groups is 1. The molecular weight excluding hydrogens is 519 g/mol. The second-order valence-electron chi connectivity index (χ2n) is 6.85. The van der Waals surface area contributed by atoms with Gasteiger partial charge < -0.3 is 10.6 Å². The molecule has 0 radical (unpaired) electrons. The van der Waals surface area contributed by atoms with Crippen LogP contribution in [0, 0.1) is 6.92 Å². The van der Waals surface area contributed by atoms with Crippen LogP contribution in [0.2, 0.25) is 0 Å². The Morgan fingerprint density at radius 1 is 1.21 bits per heavy atom. The molecule has 2 N–H and O–H groups in total. The van der Waals surface area contributed by atoms with Crippen LogP contribution in [0.4, 0.5) is 0 Å². The van der Waals surface area contributed by atoms with Crippen molar-refractivity contribution in [2.75, 3.05) is 20.6 Å². The number of benzene rings is 1. The van der Waals surface area contributed by atoms with Gasteiger partial charge in [0.25, 0.3) is 0 Å². The molecule has 1 heterocycles. The van der Waals surface area contributed by atoms with E-state index in [1.165, 1.54) is 28.2 Å². The Bertz CT molecular complexity index is 911. The summed E-state index contributed by atoms with van der Waals surface area (Å²) in [5, 5.41) is 6.65. The summed E-state index contributed by atoms with van der Waals surface area (Å²) in [6.45, 7) is 7.25. The standard InChI is InChI=1S/C20H30N4O2S2.HI/c1-6-21-20(23-15(2)13-18-12-11-16(3)27-18)22-14-17-9-7-8-10-19(17)28(25,26)24(4)5;/h7-12,15H,6,13-14H2,1-5H3,(H2,21,22,23);1H. The van der Waals surface area contributed by atoms with Gasteiger partial charge in [-0.1, -0.05) is 18.2 Å². The van der Waals surface area contributed by atoms with Crippen molar-refractivity contribution in [2.45, 2.75) is 44.7 Å². The number of aryl methyl sites for hydroxylation is 1. The lowest BCUT2D eigenvalue weighted by Gasteiger charge is -2.18. The van der Waals surface area contributed by atoms with Gasteiger partial charge in [0.1, 0.15) is 0 Å². The van der Waals surface area contributed by atoms with E-state index < -0.39 is 10.0 Å². The maximum absolute atomic E-state index is 12.6. The summed E-state index contributed by atoms with van der Waals surface area (Å²) in [6.07, 6.45) is 0.911. The number of sulfonamides is 1. The number of hydrogen-bond donors (Lipinski definition) is 2. The summed E-state index contributed by atoms with van der Waals surface area (Å²) in [5.74, 6) is 0.681. The summed E-state index contributed by atoms with van der Waals surface area (Å²) < 4.78 is 26.3. The van der Waals surface area contributed by atoms with Crippen molar-refractivity contribution in [1.29, 1.82) is 0 Å². The fraction of sp³-hybridized carbons (Fsp3) is 0.450. The van der Waals surface area contributed by atoms with Crippen molar-refractivity contribution in [3.05, 3.63) is 51.7 Å². The average molecular weight is 551 g/mol. The van der Waals surface area contributed by atoms with E-state index in [1.807, 2.05) is 13.0 Å². The number of nitrogens with zero attached hydrogens (tertiary/aromatic N) is 2. The maximum Gasteiger partial charge on any atom is 0.242 e. The van der Waals surface area contributed by atoms with Crippen molar-refractivity contribution in [2.24, 2.45) is 4.99 Å². The van der Waals surface area contributed by atoms with Crippen LogP contribution >= 0.6 is 35.3 Å². The van der Waals surface area contributed by atoms with Crippen molar-refractivity contribution < 1.29 is 8.42 Å².